The monoisotopic (exact) mass is 671 g/mol. The van der Waals surface area contributed by atoms with Gasteiger partial charge >= 0.3 is 11.9 Å². The molecule has 6 nitrogen and oxygen atoms in total. The standard InChI is InChI=1S/C42H74N2O4/c1-39(2)27-35(33(41(5,6)43(39)9)25-29-17-13-11-14-18-29)47-37(45)31-21-23-32(24-22-31)38(46)48-36-28-40(3,4)44(10)42(7,8)34(36)26-30-19-15-12-16-20-30/h29-36H,11-28H2,1-10H3. The minimum Gasteiger partial charge on any atom is -0.462 e. The van der Waals surface area contributed by atoms with Crippen molar-refractivity contribution in [1.82, 2.24) is 9.80 Å². The molecular weight excluding hydrogens is 596 g/mol. The molecule has 5 aliphatic rings. The van der Waals surface area contributed by atoms with E-state index in [1.54, 1.807) is 0 Å². The van der Waals surface area contributed by atoms with Crippen molar-refractivity contribution in [2.75, 3.05) is 14.1 Å². The number of carbonyl (C=O) groups is 2. The molecule has 2 heterocycles. The molecule has 276 valence electrons. The maximum absolute atomic E-state index is 13.9. The summed E-state index contributed by atoms with van der Waals surface area (Å²) in [5.41, 5.74) is -0.162. The molecule has 3 saturated carbocycles. The third-order valence-corrected chi connectivity index (χ3v) is 15.2. The predicted octanol–water partition coefficient (Wildman–Crippen LogP) is 9.58. The molecule has 0 bridgehead atoms. The van der Waals surface area contributed by atoms with E-state index >= 15 is 0 Å². The van der Waals surface area contributed by atoms with E-state index in [4.69, 9.17) is 9.47 Å². The van der Waals surface area contributed by atoms with Gasteiger partial charge in [0.2, 0.25) is 0 Å². The number of likely N-dealkylation sites (tertiary alicyclic amines) is 2. The third kappa shape index (κ3) is 8.16. The average Bonchev–Trinajstić information content (AvgIpc) is 3.04. The van der Waals surface area contributed by atoms with Gasteiger partial charge in [-0.05, 0) is 120 Å². The normalized spacial score (nSPS) is 36.3. The first-order valence-corrected chi connectivity index (χ1v) is 20.3. The zero-order chi connectivity index (χ0) is 35.1. The Labute approximate surface area is 295 Å². The summed E-state index contributed by atoms with van der Waals surface area (Å²) >= 11 is 0. The van der Waals surface area contributed by atoms with Crippen molar-refractivity contribution in [3.05, 3.63) is 0 Å². The number of ether oxygens (including phenoxy) is 2. The summed E-state index contributed by atoms with van der Waals surface area (Å²) in [5, 5.41) is 0. The maximum Gasteiger partial charge on any atom is 0.309 e. The highest BCUT2D eigenvalue weighted by atomic mass is 16.5. The van der Waals surface area contributed by atoms with E-state index in [0.29, 0.717) is 11.8 Å². The van der Waals surface area contributed by atoms with Crippen molar-refractivity contribution in [2.24, 2.45) is 35.5 Å². The molecule has 3 aliphatic carbocycles. The third-order valence-electron chi connectivity index (χ3n) is 15.2. The summed E-state index contributed by atoms with van der Waals surface area (Å²) in [6.45, 7) is 18.7. The average molecular weight is 671 g/mol. The molecule has 4 unspecified atom stereocenters. The van der Waals surface area contributed by atoms with Gasteiger partial charge in [0.15, 0.2) is 0 Å². The van der Waals surface area contributed by atoms with Gasteiger partial charge < -0.3 is 9.47 Å². The molecule has 2 saturated heterocycles. The van der Waals surface area contributed by atoms with E-state index in [-0.39, 0.29) is 58.1 Å². The van der Waals surface area contributed by atoms with Crippen LogP contribution in [0.1, 0.15) is 171 Å². The van der Waals surface area contributed by atoms with Crippen LogP contribution >= 0.6 is 0 Å². The lowest BCUT2D eigenvalue weighted by Crippen LogP contribution is -2.65. The van der Waals surface area contributed by atoms with Gasteiger partial charge in [0.05, 0.1) is 11.8 Å². The molecule has 0 radical (unpaired) electrons. The Hall–Kier alpha value is -1.14. The Bertz CT molecular complexity index is 1010. The van der Waals surface area contributed by atoms with E-state index in [1.807, 2.05) is 0 Å². The van der Waals surface area contributed by atoms with Crippen LogP contribution in [0, 0.1) is 35.5 Å². The minimum absolute atomic E-state index is 0.0250. The molecule has 0 N–H and O–H groups in total. The summed E-state index contributed by atoms with van der Waals surface area (Å²) in [6, 6.07) is 0. The summed E-state index contributed by atoms with van der Waals surface area (Å²) in [4.78, 5) is 32.8. The summed E-state index contributed by atoms with van der Waals surface area (Å²) in [5.74, 6) is 1.86. The van der Waals surface area contributed by atoms with Crippen LogP contribution in [0.25, 0.3) is 0 Å². The first kappa shape index (κ1) is 38.1. The van der Waals surface area contributed by atoms with Crippen LogP contribution in [-0.2, 0) is 19.1 Å². The van der Waals surface area contributed by atoms with Crippen LogP contribution in [0.15, 0.2) is 0 Å². The van der Waals surface area contributed by atoms with Gasteiger partial charge in [-0.3, -0.25) is 19.4 Å². The molecule has 0 aromatic carbocycles. The maximum atomic E-state index is 13.9. The van der Waals surface area contributed by atoms with Crippen molar-refractivity contribution < 1.29 is 19.1 Å². The Kier molecular flexibility index (Phi) is 11.8. The Morgan fingerprint density at radius 1 is 0.521 bits per heavy atom. The van der Waals surface area contributed by atoms with Gasteiger partial charge in [0.25, 0.3) is 0 Å². The molecule has 48 heavy (non-hydrogen) atoms. The fourth-order valence-corrected chi connectivity index (χ4v) is 11.3. The molecule has 5 rings (SSSR count). The molecule has 5 fully saturated rings. The van der Waals surface area contributed by atoms with E-state index in [0.717, 1.165) is 63.2 Å². The van der Waals surface area contributed by atoms with Crippen LogP contribution in [0.5, 0.6) is 0 Å². The van der Waals surface area contributed by atoms with Gasteiger partial charge in [-0.15, -0.1) is 0 Å². The molecule has 0 spiro atoms. The molecule has 4 atom stereocenters. The molecule has 6 heteroatoms. The summed E-state index contributed by atoms with van der Waals surface area (Å²) < 4.78 is 13.2. The number of hydrogen-bond acceptors (Lipinski definition) is 6. The van der Waals surface area contributed by atoms with Crippen LogP contribution in [0.2, 0.25) is 0 Å². The molecule has 0 aromatic heterocycles. The van der Waals surface area contributed by atoms with Gasteiger partial charge in [0.1, 0.15) is 12.2 Å². The van der Waals surface area contributed by atoms with Crippen molar-refractivity contribution in [1.29, 1.82) is 0 Å². The number of piperidine rings is 2. The quantitative estimate of drug-likeness (QED) is 0.240. The number of carbonyl (C=O) groups excluding carboxylic acids is 2. The molecular formula is C42H74N2O4. The Morgan fingerprint density at radius 3 is 1.15 bits per heavy atom. The largest absolute Gasteiger partial charge is 0.462 e. The summed E-state index contributed by atoms with van der Waals surface area (Å²) in [7, 11) is 4.52. The fraction of sp³-hybridized carbons (Fsp3) is 0.952. The van der Waals surface area contributed by atoms with Gasteiger partial charge in [-0.1, -0.05) is 64.2 Å². The Morgan fingerprint density at radius 2 is 0.833 bits per heavy atom. The van der Waals surface area contributed by atoms with E-state index in [2.05, 4.69) is 79.3 Å². The van der Waals surface area contributed by atoms with E-state index in [9.17, 15) is 9.59 Å². The van der Waals surface area contributed by atoms with Crippen LogP contribution in [0.4, 0.5) is 0 Å². The van der Waals surface area contributed by atoms with Gasteiger partial charge in [-0.2, -0.15) is 0 Å². The SMILES string of the molecule is CN1C(C)(C)CC(OC(=O)C2CCC(C(=O)OC3CC(C)(C)N(C)C(C)(C)C3CC3CCCCC3)CC2)C(CC2CCCCC2)C1(C)C. The highest BCUT2D eigenvalue weighted by Crippen LogP contribution is 2.49. The number of rotatable bonds is 8. The zero-order valence-corrected chi connectivity index (χ0v) is 32.9. The minimum atomic E-state index is -0.115. The topological polar surface area (TPSA) is 59.1 Å². The second-order valence-electron chi connectivity index (χ2n) is 19.7. The zero-order valence-electron chi connectivity index (χ0n) is 32.9. The van der Waals surface area contributed by atoms with E-state index < -0.39 is 0 Å². The number of hydrogen-bond donors (Lipinski definition) is 0. The lowest BCUT2D eigenvalue weighted by Gasteiger charge is -2.58. The smallest absolute Gasteiger partial charge is 0.309 e. The lowest BCUT2D eigenvalue weighted by molar-refractivity contribution is -0.182. The predicted molar refractivity (Wildman–Crippen MR) is 196 cm³/mol. The number of nitrogens with zero attached hydrogens (tertiary/aromatic N) is 2. The molecule has 0 aromatic rings. The van der Waals surface area contributed by atoms with Gasteiger partial charge in [-0.25, -0.2) is 0 Å². The highest BCUT2D eigenvalue weighted by Gasteiger charge is 2.54. The van der Waals surface area contributed by atoms with Crippen LogP contribution in [-0.4, -0.2) is 70.2 Å². The van der Waals surface area contributed by atoms with E-state index in [1.165, 1.54) is 64.2 Å². The highest BCUT2D eigenvalue weighted by molar-refractivity contribution is 5.75. The first-order valence-electron chi connectivity index (χ1n) is 20.3. The fourth-order valence-electron chi connectivity index (χ4n) is 11.3. The first-order chi connectivity index (χ1) is 22.4. The second-order valence-corrected chi connectivity index (χ2v) is 19.7. The van der Waals surface area contributed by atoms with Crippen molar-refractivity contribution >= 4 is 11.9 Å². The van der Waals surface area contributed by atoms with Crippen LogP contribution in [0.3, 0.4) is 0 Å². The van der Waals surface area contributed by atoms with Gasteiger partial charge in [0, 0.05) is 46.8 Å². The Balaban J connectivity index is 1.20. The summed E-state index contributed by atoms with van der Waals surface area (Å²) in [6.07, 6.45) is 20.2. The molecule has 0 amide bonds. The second kappa shape index (κ2) is 14.8. The molecule has 2 aliphatic heterocycles. The number of esters is 2. The van der Waals surface area contributed by atoms with Crippen LogP contribution < -0.4 is 0 Å². The lowest BCUT2D eigenvalue weighted by atomic mass is 9.66. The van der Waals surface area contributed by atoms with Crippen molar-refractivity contribution in [3.63, 3.8) is 0 Å². The van der Waals surface area contributed by atoms with Crippen molar-refractivity contribution in [2.45, 2.75) is 205 Å². The van der Waals surface area contributed by atoms with Crippen molar-refractivity contribution in [3.8, 4) is 0 Å².